The van der Waals surface area contributed by atoms with Crippen LogP contribution in [0.1, 0.15) is 6.92 Å². The first kappa shape index (κ1) is 21.2. The summed E-state index contributed by atoms with van der Waals surface area (Å²) < 4.78 is 5.75. The molecule has 0 spiro atoms. The fraction of sp³-hybridized carbons (Fsp3) is 0.292. The minimum atomic E-state index is 0.136. The summed E-state index contributed by atoms with van der Waals surface area (Å²) in [7, 11) is 0. The molecule has 2 heterocycles. The first-order valence-electron chi connectivity index (χ1n) is 10.5. The summed E-state index contributed by atoms with van der Waals surface area (Å²) >= 11 is 1.43. The molecule has 0 aliphatic carbocycles. The zero-order valence-electron chi connectivity index (χ0n) is 17.6. The maximum absolute atomic E-state index is 12.7. The second kappa shape index (κ2) is 10.3. The molecule has 0 bridgehead atoms. The molecule has 0 atom stereocenters. The smallest absolute Gasteiger partial charge is 0.233 e. The van der Waals surface area contributed by atoms with Crippen molar-refractivity contribution in [3.8, 4) is 17.0 Å². The van der Waals surface area contributed by atoms with E-state index >= 15 is 0 Å². The van der Waals surface area contributed by atoms with Crippen molar-refractivity contribution in [2.24, 2.45) is 0 Å². The lowest BCUT2D eigenvalue weighted by atomic mass is 10.1. The molecule has 1 saturated heterocycles. The van der Waals surface area contributed by atoms with Gasteiger partial charge in [-0.15, -0.1) is 10.2 Å². The van der Waals surface area contributed by atoms with E-state index in [1.807, 2.05) is 72.5 Å². The fourth-order valence-electron chi connectivity index (χ4n) is 3.58. The molecular weight excluding hydrogens is 408 g/mol. The lowest BCUT2D eigenvalue weighted by molar-refractivity contribution is -0.128. The highest BCUT2D eigenvalue weighted by atomic mass is 32.2. The molecule has 7 heteroatoms. The fourth-order valence-corrected chi connectivity index (χ4v) is 4.30. The second-order valence-corrected chi connectivity index (χ2v) is 8.18. The van der Waals surface area contributed by atoms with Crippen molar-refractivity contribution in [1.82, 2.24) is 15.1 Å². The molecule has 160 valence electrons. The maximum atomic E-state index is 12.7. The molecular formula is C24H26N4O2S. The van der Waals surface area contributed by atoms with Gasteiger partial charge in [0.25, 0.3) is 0 Å². The van der Waals surface area contributed by atoms with Crippen molar-refractivity contribution in [3.63, 3.8) is 0 Å². The minimum absolute atomic E-state index is 0.136. The number of hydrogen-bond acceptors (Lipinski definition) is 6. The van der Waals surface area contributed by atoms with Gasteiger partial charge >= 0.3 is 0 Å². The van der Waals surface area contributed by atoms with Gasteiger partial charge in [0.15, 0.2) is 0 Å². The number of thioether (sulfide) groups is 1. The molecule has 31 heavy (non-hydrogen) atoms. The Morgan fingerprint density at radius 1 is 0.935 bits per heavy atom. The molecule has 0 unspecified atom stereocenters. The van der Waals surface area contributed by atoms with Crippen molar-refractivity contribution in [1.29, 1.82) is 0 Å². The zero-order chi connectivity index (χ0) is 21.5. The number of ether oxygens (including phenoxy) is 1. The molecule has 1 amide bonds. The van der Waals surface area contributed by atoms with E-state index in [2.05, 4.69) is 21.2 Å². The lowest BCUT2D eigenvalue weighted by Gasteiger charge is -2.36. The van der Waals surface area contributed by atoms with Gasteiger partial charge in [0, 0.05) is 31.7 Å². The average molecular weight is 435 g/mol. The second-order valence-electron chi connectivity index (χ2n) is 7.18. The predicted octanol–water partition coefficient (Wildman–Crippen LogP) is 3.98. The van der Waals surface area contributed by atoms with E-state index in [4.69, 9.17) is 4.74 Å². The number of nitrogens with zero attached hydrogens (tertiary/aromatic N) is 4. The Bertz CT molecular complexity index is 990. The van der Waals surface area contributed by atoms with Gasteiger partial charge in [0.05, 0.1) is 23.7 Å². The predicted molar refractivity (Wildman–Crippen MR) is 125 cm³/mol. The van der Waals surface area contributed by atoms with Crippen molar-refractivity contribution in [2.45, 2.75) is 11.9 Å². The summed E-state index contributed by atoms with van der Waals surface area (Å²) in [4.78, 5) is 16.9. The standard InChI is InChI=1S/C24H26N4O2S/c1-2-30-22-11-7-6-10-21(22)27-14-16-28(17-15-27)24(29)18-31-23-13-12-20(25-26-23)19-8-4-3-5-9-19/h3-13H,2,14-18H2,1H3. The van der Waals surface area contributed by atoms with Gasteiger partial charge in [-0.25, -0.2) is 0 Å². The number of hydrogen-bond donors (Lipinski definition) is 0. The van der Waals surface area contributed by atoms with Crippen LogP contribution < -0.4 is 9.64 Å². The quantitative estimate of drug-likeness (QED) is 0.524. The normalized spacial score (nSPS) is 13.8. The van der Waals surface area contributed by atoms with E-state index in [9.17, 15) is 4.79 Å². The number of aromatic nitrogens is 2. The van der Waals surface area contributed by atoms with Crippen LogP contribution in [-0.4, -0.2) is 59.5 Å². The number of carbonyl (C=O) groups is 1. The van der Waals surface area contributed by atoms with Crippen molar-refractivity contribution >= 4 is 23.4 Å². The first-order chi connectivity index (χ1) is 15.2. The molecule has 1 aliphatic heterocycles. The Hall–Kier alpha value is -3.06. The van der Waals surface area contributed by atoms with E-state index in [0.29, 0.717) is 25.4 Å². The molecule has 1 fully saturated rings. The van der Waals surface area contributed by atoms with E-state index in [-0.39, 0.29) is 5.91 Å². The van der Waals surface area contributed by atoms with Crippen LogP contribution in [0.4, 0.5) is 5.69 Å². The number of rotatable bonds is 7. The van der Waals surface area contributed by atoms with Gasteiger partial charge in [-0.3, -0.25) is 4.79 Å². The Kier molecular flexibility index (Phi) is 7.04. The third kappa shape index (κ3) is 5.35. The van der Waals surface area contributed by atoms with Gasteiger partial charge in [-0.1, -0.05) is 54.2 Å². The zero-order valence-corrected chi connectivity index (χ0v) is 18.4. The van der Waals surface area contributed by atoms with Gasteiger partial charge in [-0.05, 0) is 31.2 Å². The summed E-state index contributed by atoms with van der Waals surface area (Å²) in [6.07, 6.45) is 0. The summed E-state index contributed by atoms with van der Waals surface area (Å²) in [5.74, 6) is 1.41. The van der Waals surface area contributed by atoms with Crippen LogP contribution in [0.2, 0.25) is 0 Å². The average Bonchev–Trinajstić information content (AvgIpc) is 2.84. The minimum Gasteiger partial charge on any atom is -0.492 e. The third-order valence-corrected chi connectivity index (χ3v) is 6.10. The summed E-state index contributed by atoms with van der Waals surface area (Å²) in [6, 6.07) is 21.9. The van der Waals surface area contributed by atoms with Gasteiger partial charge < -0.3 is 14.5 Å². The van der Waals surface area contributed by atoms with Crippen LogP contribution in [0.25, 0.3) is 11.3 Å². The Balaban J connectivity index is 1.28. The highest BCUT2D eigenvalue weighted by Gasteiger charge is 2.23. The van der Waals surface area contributed by atoms with E-state index in [1.165, 1.54) is 11.8 Å². The number of para-hydroxylation sites is 2. The summed E-state index contributed by atoms with van der Waals surface area (Å²) in [5, 5.41) is 9.32. The topological polar surface area (TPSA) is 58.6 Å². The molecule has 4 rings (SSSR count). The third-order valence-electron chi connectivity index (χ3n) is 5.19. The van der Waals surface area contributed by atoms with Crippen molar-refractivity contribution in [3.05, 3.63) is 66.7 Å². The molecule has 0 N–H and O–H groups in total. The number of amides is 1. The molecule has 6 nitrogen and oxygen atoms in total. The molecule has 1 aliphatic rings. The van der Waals surface area contributed by atoms with Crippen LogP contribution >= 0.6 is 11.8 Å². The van der Waals surface area contributed by atoms with Crippen molar-refractivity contribution < 1.29 is 9.53 Å². The highest BCUT2D eigenvalue weighted by molar-refractivity contribution is 7.99. The molecule has 2 aromatic carbocycles. The lowest BCUT2D eigenvalue weighted by Crippen LogP contribution is -2.49. The number of carbonyl (C=O) groups excluding carboxylic acids is 1. The monoisotopic (exact) mass is 434 g/mol. The van der Waals surface area contributed by atoms with Crippen LogP contribution in [0, 0.1) is 0 Å². The molecule has 3 aromatic rings. The van der Waals surface area contributed by atoms with Crippen molar-refractivity contribution in [2.75, 3.05) is 43.4 Å². The molecule has 0 saturated carbocycles. The number of benzene rings is 2. The SMILES string of the molecule is CCOc1ccccc1N1CCN(C(=O)CSc2ccc(-c3ccccc3)nn2)CC1. The van der Waals surface area contributed by atoms with Gasteiger partial charge in [-0.2, -0.15) is 0 Å². The summed E-state index contributed by atoms with van der Waals surface area (Å²) in [5.41, 5.74) is 2.96. The van der Waals surface area contributed by atoms with Gasteiger partial charge in [0.2, 0.25) is 5.91 Å². The number of piperazine rings is 1. The Labute approximate surface area is 187 Å². The molecule has 1 aromatic heterocycles. The maximum Gasteiger partial charge on any atom is 0.233 e. The Morgan fingerprint density at radius 3 is 2.39 bits per heavy atom. The van der Waals surface area contributed by atoms with Gasteiger partial charge in [0.1, 0.15) is 10.8 Å². The summed E-state index contributed by atoms with van der Waals surface area (Å²) in [6.45, 7) is 5.64. The van der Waals surface area contributed by atoms with E-state index in [0.717, 1.165) is 40.8 Å². The van der Waals surface area contributed by atoms with Crippen LogP contribution in [-0.2, 0) is 4.79 Å². The van der Waals surface area contributed by atoms with Crippen LogP contribution in [0.15, 0.2) is 71.8 Å². The van der Waals surface area contributed by atoms with Crippen LogP contribution in [0.5, 0.6) is 5.75 Å². The first-order valence-corrected chi connectivity index (χ1v) is 11.5. The van der Waals surface area contributed by atoms with E-state index in [1.54, 1.807) is 0 Å². The Morgan fingerprint density at radius 2 is 1.68 bits per heavy atom. The van der Waals surface area contributed by atoms with Crippen LogP contribution in [0.3, 0.4) is 0 Å². The molecule has 0 radical (unpaired) electrons. The van der Waals surface area contributed by atoms with E-state index < -0.39 is 0 Å². The highest BCUT2D eigenvalue weighted by Crippen LogP contribution is 2.29. The number of anilines is 1. The largest absolute Gasteiger partial charge is 0.492 e.